The number of pyridine rings is 1. The Morgan fingerprint density at radius 2 is 2.09 bits per heavy atom. The minimum Gasteiger partial charge on any atom is -0.439 e. The first kappa shape index (κ1) is 13.8. The quantitative estimate of drug-likeness (QED) is 0.804. The fourth-order valence-electron chi connectivity index (χ4n) is 2.42. The van der Waals surface area contributed by atoms with Crippen LogP contribution in [-0.2, 0) is 11.8 Å². The Balaban J connectivity index is 1.72. The Labute approximate surface area is 133 Å². The molecule has 0 saturated heterocycles. The van der Waals surface area contributed by atoms with Gasteiger partial charge in [-0.25, -0.2) is 4.98 Å². The van der Waals surface area contributed by atoms with Gasteiger partial charge < -0.3 is 14.6 Å². The van der Waals surface area contributed by atoms with Crippen molar-refractivity contribution in [2.75, 3.05) is 5.32 Å². The average Bonchev–Trinajstić information content (AvgIpc) is 3.34. The summed E-state index contributed by atoms with van der Waals surface area (Å²) < 4.78 is 7.68. The molecule has 0 aliphatic heterocycles. The molecule has 2 heterocycles. The monoisotopic (exact) mass is 308 g/mol. The van der Waals surface area contributed by atoms with Gasteiger partial charge in [0.2, 0.25) is 11.8 Å². The Kier molecular flexibility index (Phi) is 3.22. The third-order valence-electron chi connectivity index (χ3n) is 3.84. The molecule has 0 bridgehead atoms. The number of carbonyl (C=O) groups excluding carboxylic acids is 1. The molecule has 6 nitrogen and oxygen atoms in total. The van der Waals surface area contributed by atoms with Crippen molar-refractivity contribution >= 4 is 22.8 Å². The highest BCUT2D eigenvalue weighted by atomic mass is 16.5. The number of nitrogens with zero attached hydrogens (tertiary/aromatic N) is 3. The maximum absolute atomic E-state index is 12.1. The van der Waals surface area contributed by atoms with Crippen LogP contribution in [0.5, 0.6) is 11.6 Å². The fraction of sp³-hybridized carbons (Fsp3) is 0.235. The Bertz CT molecular complexity index is 869. The van der Waals surface area contributed by atoms with Gasteiger partial charge >= 0.3 is 0 Å². The molecule has 6 heteroatoms. The average molecular weight is 308 g/mol. The molecule has 1 aliphatic rings. The van der Waals surface area contributed by atoms with Gasteiger partial charge in [0.25, 0.3) is 0 Å². The van der Waals surface area contributed by atoms with Gasteiger partial charge in [-0.1, -0.05) is 18.2 Å². The zero-order valence-corrected chi connectivity index (χ0v) is 12.7. The lowest BCUT2D eigenvalue weighted by atomic mass is 10.3. The number of carbonyl (C=O) groups is 1. The number of benzene rings is 1. The molecule has 1 N–H and O–H groups in total. The van der Waals surface area contributed by atoms with Crippen LogP contribution in [0.25, 0.3) is 11.0 Å². The molecule has 3 aromatic rings. The molecular weight excluding hydrogens is 292 g/mol. The maximum Gasteiger partial charge on any atom is 0.228 e. The fourth-order valence-corrected chi connectivity index (χ4v) is 2.42. The molecule has 23 heavy (non-hydrogen) atoms. The van der Waals surface area contributed by atoms with Crippen LogP contribution in [0.4, 0.5) is 5.82 Å². The van der Waals surface area contributed by atoms with E-state index < -0.39 is 0 Å². The Hall–Kier alpha value is -2.89. The van der Waals surface area contributed by atoms with Crippen molar-refractivity contribution in [3.05, 3.63) is 42.7 Å². The summed E-state index contributed by atoms with van der Waals surface area (Å²) in [6.45, 7) is 0. The minimum absolute atomic E-state index is 0.00122. The number of hydrogen-bond acceptors (Lipinski definition) is 4. The van der Waals surface area contributed by atoms with Gasteiger partial charge in [0.05, 0.1) is 11.8 Å². The number of para-hydroxylation sites is 1. The summed E-state index contributed by atoms with van der Waals surface area (Å²) in [6.07, 6.45) is 3.58. The second kappa shape index (κ2) is 5.39. The van der Waals surface area contributed by atoms with Gasteiger partial charge in [-0.05, 0) is 25.0 Å². The van der Waals surface area contributed by atoms with E-state index in [1.807, 2.05) is 48.0 Å². The van der Waals surface area contributed by atoms with E-state index >= 15 is 0 Å². The van der Waals surface area contributed by atoms with E-state index in [0.29, 0.717) is 23.0 Å². The van der Waals surface area contributed by atoms with Crippen LogP contribution < -0.4 is 10.1 Å². The van der Waals surface area contributed by atoms with Crippen molar-refractivity contribution in [1.29, 1.82) is 0 Å². The predicted molar refractivity (Wildman–Crippen MR) is 86.4 cm³/mol. The van der Waals surface area contributed by atoms with Crippen LogP contribution in [0.2, 0.25) is 0 Å². The minimum atomic E-state index is 0.00122. The van der Waals surface area contributed by atoms with Crippen LogP contribution in [0.1, 0.15) is 12.8 Å². The molecule has 1 aliphatic carbocycles. The topological polar surface area (TPSA) is 69.0 Å². The number of nitrogens with one attached hydrogen (secondary N) is 1. The number of amides is 1. The van der Waals surface area contributed by atoms with E-state index in [4.69, 9.17) is 4.74 Å². The molecule has 0 radical (unpaired) electrons. The molecule has 2 aromatic heterocycles. The number of hydrogen-bond donors (Lipinski definition) is 1. The van der Waals surface area contributed by atoms with Gasteiger partial charge in [-0.3, -0.25) is 4.79 Å². The van der Waals surface area contributed by atoms with Crippen molar-refractivity contribution in [3.63, 3.8) is 0 Å². The molecule has 0 atom stereocenters. The summed E-state index contributed by atoms with van der Waals surface area (Å²) in [7, 11) is 1.90. The normalized spacial score (nSPS) is 14.0. The Morgan fingerprint density at radius 3 is 2.83 bits per heavy atom. The number of anilines is 1. The predicted octanol–water partition coefficient (Wildman–Crippen LogP) is 3.11. The van der Waals surface area contributed by atoms with E-state index in [0.717, 1.165) is 18.4 Å². The highest BCUT2D eigenvalue weighted by Crippen LogP contribution is 2.32. The number of fused-ring (bicyclic) bond motifs is 1. The maximum atomic E-state index is 12.1. The molecule has 1 aromatic carbocycles. The molecule has 116 valence electrons. The summed E-state index contributed by atoms with van der Waals surface area (Å²) in [4.78, 5) is 20.8. The zero-order valence-electron chi connectivity index (χ0n) is 12.7. The summed E-state index contributed by atoms with van der Waals surface area (Å²) in [6, 6.07) is 11.3. The second-order valence-electron chi connectivity index (χ2n) is 5.71. The van der Waals surface area contributed by atoms with Gasteiger partial charge in [0, 0.05) is 19.0 Å². The first-order valence-electron chi connectivity index (χ1n) is 7.56. The highest BCUT2D eigenvalue weighted by Gasteiger charge is 2.30. The van der Waals surface area contributed by atoms with Gasteiger partial charge in [-0.15, -0.1) is 0 Å². The van der Waals surface area contributed by atoms with E-state index in [-0.39, 0.29) is 11.8 Å². The van der Waals surface area contributed by atoms with E-state index in [2.05, 4.69) is 15.3 Å². The number of aromatic nitrogens is 3. The number of imidazole rings is 1. The lowest BCUT2D eigenvalue weighted by Crippen LogP contribution is -2.15. The molecule has 1 fully saturated rings. The van der Waals surface area contributed by atoms with Gasteiger partial charge in [0.15, 0.2) is 5.82 Å². The van der Waals surface area contributed by atoms with Gasteiger partial charge in [0.1, 0.15) is 11.3 Å². The highest BCUT2D eigenvalue weighted by molar-refractivity contribution is 6.00. The van der Waals surface area contributed by atoms with Crippen LogP contribution >= 0.6 is 0 Å². The first-order valence-corrected chi connectivity index (χ1v) is 7.56. The zero-order chi connectivity index (χ0) is 15.8. The SMILES string of the molecule is Cn1cnc2c(NC(=O)C3CC3)nc(Oc3ccccc3)cc21. The summed E-state index contributed by atoms with van der Waals surface area (Å²) in [5, 5.41) is 2.88. The third-order valence-corrected chi connectivity index (χ3v) is 3.84. The molecule has 1 saturated carbocycles. The lowest BCUT2D eigenvalue weighted by molar-refractivity contribution is -0.117. The number of ether oxygens (including phenoxy) is 1. The summed E-state index contributed by atoms with van der Waals surface area (Å²) in [5.74, 6) is 1.68. The van der Waals surface area contributed by atoms with Gasteiger partial charge in [-0.2, -0.15) is 4.98 Å². The standard InChI is InChI=1S/C17H16N4O2/c1-21-10-18-15-13(21)9-14(23-12-5-3-2-4-6-12)19-16(15)20-17(22)11-7-8-11/h2-6,9-11H,7-8H2,1H3,(H,19,20,22). The van der Waals surface area contributed by atoms with Crippen molar-refractivity contribution in [3.8, 4) is 11.6 Å². The lowest BCUT2D eigenvalue weighted by Gasteiger charge is -2.09. The van der Waals surface area contributed by atoms with Crippen molar-refractivity contribution in [2.24, 2.45) is 13.0 Å². The summed E-state index contributed by atoms with van der Waals surface area (Å²) in [5.41, 5.74) is 1.53. The third kappa shape index (κ3) is 2.75. The van der Waals surface area contributed by atoms with Crippen molar-refractivity contribution < 1.29 is 9.53 Å². The van der Waals surface area contributed by atoms with Crippen molar-refractivity contribution in [1.82, 2.24) is 14.5 Å². The smallest absolute Gasteiger partial charge is 0.228 e. The van der Waals surface area contributed by atoms with Crippen molar-refractivity contribution in [2.45, 2.75) is 12.8 Å². The number of aryl methyl sites for hydroxylation is 1. The number of rotatable bonds is 4. The van der Waals surface area contributed by atoms with E-state index in [1.54, 1.807) is 6.33 Å². The molecule has 0 unspecified atom stereocenters. The molecular formula is C17H16N4O2. The van der Waals surface area contributed by atoms with E-state index in [9.17, 15) is 4.79 Å². The molecule has 0 spiro atoms. The first-order chi connectivity index (χ1) is 11.2. The van der Waals surface area contributed by atoms with Crippen LogP contribution in [0.3, 0.4) is 0 Å². The second-order valence-corrected chi connectivity index (χ2v) is 5.71. The molecule has 4 rings (SSSR count). The molecule has 1 amide bonds. The van der Waals surface area contributed by atoms with E-state index in [1.165, 1.54) is 0 Å². The summed E-state index contributed by atoms with van der Waals surface area (Å²) >= 11 is 0. The van der Waals surface area contributed by atoms with Crippen LogP contribution in [0, 0.1) is 5.92 Å². The largest absolute Gasteiger partial charge is 0.439 e. The Morgan fingerprint density at radius 1 is 1.30 bits per heavy atom. The van der Waals surface area contributed by atoms with Crippen LogP contribution in [0.15, 0.2) is 42.7 Å². The van der Waals surface area contributed by atoms with Crippen LogP contribution in [-0.4, -0.2) is 20.4 Å².